The zero-order chi connectivity index (χ0) is 11.1. The summed E-state index contributed by atoms with van der Waals surface area (Å²) < 4.78 is 27.7. The number of methoxy groups -OCH3 is 1. The van der Waals surface area contributed by atoms with E-state index in [2.05, 4.69) is 0 Å². The maximum Gasteiger partial charge on any atom is 0.157 e. The first kappa shape index (κ1) is 10.5. The van der Waals surface area contributed by atoms with Crippen molar-refractivity contribution < 1.29 is 13.2 Å². The number of ether oxygens (including phenoxy) is 1. The largest absolute Gasteiger partial charge is 0.497 e. The van der Waals surface area contributed by atoms with Crippen molar-refractivity contribution in [3.8, 4) is 5.75 Å². The third-order valence-corrected chi connectivity index (χ3v) is 5.09. The predicted molar refractivity (Wildman–Crippen MR) is 58.7 cm³/mol. The van der Waals surface area contributed by atoms with Crippen molar-refractivity contribution in [2.45, 2.75) is 17.6 Å². The Morgan fingerprint density at radius 2 is 1.73 bits per heavy atom. The Kier molecular flexibility index (Phi) is 2.26. The highest BCUT2D eigenvalue weighted by atomic mass is 32.2. The van der Waals surface area contributed by atoms with Gasteiger partial charge in [0.05, 0.1) is 11.9 Å². The molecule has 0 aromatic heterocycles. The fourth-order valence-electron chi connectivity index (χ4n) is 1.88. The summed E-state index contributed by atoms with van der Waals surface area (Å²) in [5, 5.41) is 0. The van der Waals surface area contributed by atoms with E-state index in [1.807, 2.05) is 12.1 Å². The van der Waals surface area contributed by atoms with Gasteiger partial charge >= 0.3 is 0 Å². The lowest BCUT2D eigenvalue weighted by molar-refractivity contribution is 0.414. The van der Waals surface area contributed by atoms with Crippen LogP contribution in [0.15, 0.2) is 24.3 Å². The monoisotopic (exact) mass is 226 g/mol. The van der Waals surface area contributed by atoms with Crippen LogP contribution in [0.25, 0.3) is 0 Å². The highest BCUT2D eigenvalue weighted by Gasteiger charge is 2.53. The zero-order valence-electron chi connectivity index (χ0n) is 8.86. The first-order valence-electron chi connectivity index (χ1n) is 4.84. The van der Waals surface area contributed by atoms with E-state index in [1.54, 1.807) is 19.2 Å². The van der Waals surface area contributed by atoms with E-state index >= 15 is 0 Å². The summed E-state index contributed by atoms with van der Waals surface area (Å²) in [6.45, 7) is 0. The average molecular weight is 226 g/mol. The lowest BCUT2D eigenvalue weighted by atomic mass is 10.1. The molecule has 4 heteroatoms. The van der Waals surface area contributed by atoms with Gasteiger partial charge in [-0.2, -0.15) is 0 Å². The van der Waals surface area contributed by atoms with E-state index in [9.17, 15) is 8.42 Å². The van der Waals surface area contributed by atoms with Crippen molar-refractivity contribution in [3.05, 3.63) is 29.8 Å². The lowest BCUT2D eigenvalue weighted by Gasteiger charge is -2.13. The maximum atomic E-state index is 11.6. The van der Waals surface area contributed by atoms with Gasteiger partial charge in [0.1, 0.15) is 5.75 Å². The Morgan fingerprint density at radius 1 is 1.20 bits per heavy atom. The summed E-state index contributed by atoms with van der Waals surface area (Å²) >= 11 is 0. The summed E-state index contributed by atoms with van der Waals surface area (Å²) in [6.07, 6.45) is 2.78. The van der Waals surface area contributed by atoms with Crippen LogP contribution >= 0.6 is 0 Å². The van der Waals surface area contributed by atoms with Gasteiger partial charge in [0.15, 0.2) is 9.84 Å². The first-order chi connectivity index (χ1) is 6.99. The van der Waals surface area contributed by atoms with Gasteiger partial charge in [-0.15, -0.1) is 0 Å². The van der Waals surface area contributed by atoms with Gasteiger partial charge in [0, 0.05) is 6.26 Å². The van der Waals surface area contributed by atoms with Crippen LogP contribution in [0.1, 0.15) is 18.4 Å². The highest BCUT2D eigenvalue weighted by Crippen LogP contribution is 2.52. The Balaban J connectivity index is 2.39. The van der Waals surface area contributed by atoms with E-state index < -0.39 is 14.6 Å². The standard InChI is InChI=1S/C11H14O3S/c1-14-10-5-3-9(4-6-10)11(7-8-11)15(2,12)13/h3-6H,7-8H2,1-2H3. The van der Waals surface area contributed by atoms with Crippen LogP contribution in [0.4, 0.5) is 0 Å². The molecule has 0 spiro atoms. The molecule has 0 unspecified atom stereocenters. The SMILES string of the molecule is COc1ccc(C2(S(C)(=O)=O)CC2)cc1. The van der Waals surface area contributed by atoms with Crippen LogP contribution in [0.5, 0.6) is 5.75 Å². The molecule has 0 heterocycles. The number of sulfone groups is 1. The van der Waals surface area contributed by atoms with Gasteiger partial charge in [-0.3, -0.25) is 0 Å². The Hall–Kier alpha value is -1.03. The van der Waals surface area contributed by atoms with Gasteiger partial charge in [-0.25, -0.2) is 8.42 Å². The zero-order valence-corrected chi connectivity index (χ0v) is 9.67. The lowest BCUT2D eigenvalue weighted by Crippen LogP contribution is -2.18. The molecule has 1 aliphatic rings. The molecule has 0 atom stereocenters. The molecular formula is C11H14O3S. The molecule has 0 amide bonds. The number of rotatable bonds is 3. The topological polar surface area (TPSA) is 43.4 Å². The second-order valence-electron chi connectivity index (χ2n) is 3.99. The molecule has 2 rings (SSSR count). The van der Waals surface area contributed by atoms with Gasteiger partial charge in [0.2, 0.25) is 0 Å². The average Bonchev–Trinajstić information content (AvgIpc) is 2.98. The van der Waals surface area contributed by atoms with Gasteiger partial charge < -0.3 is 4.74 Å². The molecule has 0 saturated heterocycles. The van der Waals surface area contributed by atoms with Crippen molar-refractivity contribution in [2.75, 3.05) is 13.4 Å². The molecular weight excluding hydrogens is 212 g/mol. The fraction of sp³-hybridized carbons (Fsp3) is 0.455. The minimum absolute atomic E-state index is 0.612. The Morgan fingerprint density at radius 3 is 2.07 bits per heavy atom. The van der Waals surface area contributed by atoms with Crippen LogP contribution in [0.2, 0.25) is 0 Å². The van der Waals surface area contributed by atoms with Crippen LogP contribution in [-0.4, -0.2) is 21.8 Å². The van der Waals surface area contributed by atoms with Crippen LogP contribution in [-0.2, 0) is 14.6 Å². The van der Waals surface area contributed by atoms with Gasteiger partial charge in [-0.05, 0) is 30.5 Å². The summed E-state index contributed by atoms with van der Waals surface area (Å²) in [4.78, 5) is 0. The van der Waals surface area contributed by atoms with E-state index in [-0.39, 0.29) is 0 Å². The smallest absolute Gasteiger partial charge is 0.157 e. The number of benzene rings is 1. The predicted octanol–water partition coefficient (Wildman–Crippen LogP) is 1.73. The molecule has 0 bridgehead atoms. The molecule has 1 saturated carbocycles. The van der Waals surface area contributed by atoms with E-state index in [1.165, 1.54) is 6.26 Å². The van der Waals surface area contributed by atoms with E-state index in [0.717, 1.165) is 24.2 Å². The summed E-state index contributed by atoms with van der Waals surface area (Å²) in [6, 6.07) is 7.29. The molecule has 82 valence electrons. The molecule has 15 heavy (non-hydrogen) atoms. The fourth-order valence-corrected chi connectivity index (χ4v) is 3.29. The van der Waals surface area contributed by atoms with E-state index in [4.69, 9.17) is 4.74 Å². The molecule has 1 aliphatic carbocycles. The third kappa shape index (κ3) is 1.63. The minimum atomic E-state index is -3.00. The van der Waals surface area contributed by atoms with Crippen molar-refractivity contribution in [3.63, 3.8) is 0 Å². The van der Waals surface area contributed by atoms with Crippen LogP contribution in [0, 0.1) is 0 Å². The Bertz CT molecular complexity index is 455. The molecule has 0 aliphatic heterocycles. The normalized spacial score (nSPS) is 18.5. The quantitative estimate of drug-likeness (QED) is 0.788. The van der Waals surface area contributed by atoms with Crippen molar-refractivity contribution in [1.82, 2.24) is 0 Å². The van der Waals surface area contributed by atoms with E-state index in [0.29, 0.717) is 0 Å². The van der Waals surface area contributed by atoms with Gasteiger partial charge in [-0.1, -0.05) is 12.1 Å². The first-order valence-corrected chi connectivity index (χ1v) is 6.73. The maximum absolute atomic E-state index is 11.6. The molecule has 1 aromatic carbocycles. The third-order valence-electron chi connectivity index (χ3n) is 3.03. The van der Waals surface area contributed by atoms with Crippen molar-refractivity contribution in [2.24, 2.45) is 0 Å². The van der Waals surface area contributed by atoms with Crippen LogP contribution in [0.3, 0.4) is 0 Å². The van der Waals surface area contributed by atoms with Crippen molar-refractivity contribution >= 4 is 9.84 Å². The molecule has 1 fully saturated rings. The van der Waals surface area contributed by atoms with Crippen molar-refractivity contribution in [1.29, 1.82) is 0 Å². The minimum Gasteiger partial charge on any atom is -0.497 e. The molecule has 1 aromatic rings. The summed E-state index contributed by atoms with van der Waals surface area (Å²) in [5.74, 6) is 0.753. The van der Waals surface area contributed by atoms with Gasteiger partial charge in [0.25, 0.3) is 0 Å². The second-order valence-corrected chi connectivity index (χ2v) is 6.32. The van der Waals surface area contributed by atoms with Crippen LogP contribution < -0.4 is 4.74 Å². The summed E-state index contributed by atoms with van der Waals surface area (Å²) in [7, 11) is -1.41. The molecule has 0 radical (unpaired) electrons. The molecule has 3 nitrogen and oxygen atoms in total. The number of hydrogen-bond donors (Lipinski definition) is 0. The second kappa shape index (κ2) is 3.23. The molecule has 0 N–H and O–H groups in total. The highest BCUT2D eigenvalue weighted by molar-refractivity contribution is 7.92. The Labute approximate surface area is 90.0 Å². The number of hydrogen-bond acceptors (Lipinski definition) is 3. The summed E-state index contributed by atoms with van der Waals surface area (Å²) in [5.41, 5.74) is 0.880.